The van der Waals surface area contributed by atoms with Crippen molar-refractivity contribution in [1.82, 2.24) is 19.8 Å². The molecule has 1 saturated heterocycles. The Morgan fingerprint density at radius 3 is 2.57 bits per heavy atom. The van der Waals surface area contributed by atoms with Crippen LogP contribution in [0.4, 0.5) is 0 Å². The zero-order valence-electron chi connectivity index (χ0n) is 16.6. The van der Waals surface area contributed by atoms with Gasteiger partial charge in [0.25, 0.3) is 0 Å². The number of rotatable bonds is 5. The molecule has 2 atom stereocenters. The Labute approximate surface area is 181 Å². The van der Waals surface area contributed by atoms with Gasteiger partial charge in [-0.2, -0.15) is 0 Å². The number of nitrogens with zero attached hydrogens (tertiary/aromatic N) is 3. The van der Waals surface area contributed by atoms with Crippen molar-refractivity contribution in [3.63, 3.8) is 0 Å². The van der Waals surface area contributed by atoms with E-state index in [0.717, 1.165) is 22.8 Å². The molecule has 6 heteroatoms. The van der Waals surface area contributed by atoms with Gasteiger partial charge in [-0.15, -0.1) is 0 Å². The molecule has 4 aromatic rings. The van der Waals surface area contributed by atoms with Crippen molar-refractivity contribution < 1.29 is 4.42 Å². The predicted octanol–water partition coefficient (Wildman–Crippen LogP) is 4.95. The quantitative estimate of drug-likeness (QED) is 0.469. The van der Waals surface area contributed by atoms with E-state index < -0.39 is 0 Å². The number of aryl methyl sites for hydroxylation is 1. The SMILES string of the molecule is Cc1ccc([C@H]2[C@H](c3ccccn3)NC(=S)N2Cc2ccco2)n1-c1ccccc1. The van der Waals surface area contributed by atoms with Crippen LogP contribution in [-0.2, 0) is 6.54 Å². The molecule has 5 rings (SSSR count). The fraction of sp³-hybridized carbons (Fsp3) is 0.167. The molecule has 0 unspecified atom stereocenters. The number of pyridine rings is 1. The average Bonchev–Trinajstić information content (AvgIpc) is 3.50. The molecule has 4 heterocycles. The van der Waals surface area contributed by atoms with E-state index in [1.165, 1.54) is 5.69 Å². The van der Waals surface area contributed by atoms with E-state index in [2.05, 4.69) is 63.1 Å². The van der Waals surface area contributed by atoms with E-state index in [9.17, 15) is 0 Å². The molecule has 1 aliphatic heterocycles. The number of thiocarbonyl (C=S) groups is 1. The molecule has 5 nitrogen and oxygen atoms in total. The van der Waals surface area contributed by atoms with Crippen molar-refractivity contribution in [3.05, 3.63) is 108 Å². The number of nitrogens with one attached hydrogen (secondary N) is 1. The molecule has 0 bridgehead atoms. The topological polar surface area (TPSA) is 46.2 Å². The maximum absolute atomic E-state index is 5.77. The lowest BCUT2D eigenvalue weighted by atomic mass is 10.0. The molecule has 1 aromatic carbocycles. The minimum absolute atomic E-state index is 0.0357. The van der Waals surface area contributed by atoms with Crippen LogP contribution in [0.3, 0.4) is 0 Å². The fourth-order valence-electron chi connectivity index (χ4n) is 4.19. The van der Waals surface area contributed by atoms with Gasteiger partial charge in [0.05, 0.1) is 30.6 Å². The Hall–Kier alpha value is -3.38. The van der Waals surface area contributed by atoms with Gasteiger partial charge in [-0.25, -0.2) is 0 Å². The van der Waals surface area contributed by atoms with Crippen LogP contribution < -0.4 is 5.32 Å². The number of aromatic nitrogens is 2. The van der Waals surface area contributed by atoms with Crippen molar-refractivity contribution in [3.8, 4) is 5.69 Å². The summed E-state index contributed by atoms with van der Waals surface area (Å²) in [5.74, 6) is 0.875. The smallest absolute Gasteiger partial charge is 0.170 e. The van der Waals surface area contributed by atoms with Gasteiger partial charge in [-0.05, 0) is 67.7 Å². The van der Waals surface area contributed by atoms with Gasteiger partial charge >= 0.3 is 0 Å². The van der Waals surface area contributed by atoms with Gasteiger partial charge in [0.1, 0.15) is 5.76 Å². The summed E-state index contributed by atoms with van der Waals surface area (Å²) < 4.78 is 7.93. The largest absolute Gasteiger partial charge is 0.467 e. The molecule has 1 N–H and O–H groups in total. The molecule has 1 aliphatic rings. The highest BCUT2D eigenvalue weighted by atomic mass is 32.1. The molecule has 3 aromatic heterocycles. The van der Waals surface area contributed by atoms with E-state index in [0.29, 0.717) is 11.7 Å². The molecule has 0 aliphatic carbocycles. The Morgan fingerprint density at radius 1 is 1.00 bits per heavy atom. The third-order valence-corrected chi connectivity index (χ3v) is 5.88. The van der Waals surface area contributed by atoms with Crippen LogP contribution in [0.25, 0.3) is 5.69 Å². The van der Waals surface area contributed by atoms with Crippen molar-refractivity contribution in [1.29, 1.82) is 0 Å². The summed E-state index contributed by atoms with van der Waals surface area (Å²) >= 11 is 5.77. The summed E-state index contributed by atoms with van der Waals surface area (Å²) in [5.41, 5.74) is 4.43. The molecule has 0 spiro atoms. The molecule has 150 valence electrons. The first kappa shape index (κ1) is 18.6. The summed E-state index contributed by atoms with van der Waals surface area (Å²) in [6.07, 6.45) is 3.53. The Kier molecular flexibility index (Phi) is 4.85. The minimum atomic E-state index is -0.0644. The van der Waals surface area contributed by atoms with Gasteiger partial charge in [0, 0.05) is 23.3 Å². The van der Waals surface area contributed by atoms with E-state index in [4.69, 9.17) is 16.6 Å². The normalized spacial score (nSPS) is 18.6. The van der Waals surface area contributed by atoms with Crippen LogP contribution in [0.2, 0.25) is 0 Å². The van der Waals surface area contributed by atoms with Gasteiger partial charge in [-0.3, -0.25) is 4.98 Å². The van der Waals surface area contributed by atoms with Crippen molar-refractivity contribution in [2.75, 3.05) is 0 Å². The van der Waals surface area contributed by atoms with E-state index in [1.807, 2.05) is 42.6 Å². The standard InChI is InChI=1S/C24H22N4OS/c1-17-12-13-21(28(17)18-8-3-2-4-9-18)23-22(20-11-5-6-14-25-20)26-24(30)27(23)16-19-10-7-15-29-19/h2-15,22-23H,16H2,1H3,(H,26,30)/t22-,23-/m0/s1. The average molecular weight is 415 g/mol. The first-order valence-corrected chi connectivity index (χ1v) is 10.4. The number of para-hydroxylation sites is 1. The summed E-state index contributed by atoms with van der Waals surface area (Å²) in [6, 6.07) is 24.5. The number of furan rings is 1. The highest BCUT2D eigenvalue weighted by Gasteiger charge is 2.41. The third-order valence-electron chi connectivity index (χ3n) is 5.53. The van der Waals surface area contributed by atoms with Crippen LogP contribution >= 0.6 is 12.2 Å². The van der Waals surface area contributed by atoms with Gasteiger partial charge in [0.2, 0.25) is 0 Å². The molecule has 1 fully saturated rings. The molecular weight excluding hydrogens is 392 g/mol. The van der Waals surface area contributed by atoms with Gasteiger partial charge in [0.15, 0.2) is 5.11 Å². The molecule has 0 saturated carbocycles. The lowest BCUT2D eigenvalue weighted by Gasteiger charge is -2.28. The number of hydrogen-bond donors (Lipinski definition) is 1. The van der Waals surface area contributed by atoms with Crippen LogP contribution in [-0.4, -0.2) is 19.6 Å². The molecule has 0 radical (unpaired) electrons. The second kappa shape index (κ2) is 7.80. The molecular formula is C24H22N4OS. The van der Waals surface area contributed by atoms with Crippen LogP contribution in [0, 0.1) is 6.92 Å². The van der Waals surface area contributed by atoms with Crippen molar-refractivity contribution >= 4 is 17.3 Å². The first-order chi connectivity index (χ1) is 14.7. The Morgan fingerprint density at radius 2 is 1.83 bits per heavy atom. The molecule has 0 amide bonds. The number of benzene rings is 1. The lowest BCUT2D eigenvalue weighted by Crippen LogP contribution is -2.30. The highest BCUT2D eigenvalue weighted by molar-refractivity contribution is 7.80. The monoisotopic (exact) mass is 414 g/mol. The highest BCUT2D eigenvalue weighted by Crippen LogP contribution is 2.41. The number of hydrogen-bond acceptors (Lipinski definition) is 3. The predicted molar refractivity (Wildman–Crippen MR) is 120 cm³/mol. The maximum atomic E-state index is 5.77. The Bertz CT molecular complexity index is 1140. The van der Waals surface area contributed by atoms with Crippen LogP contribution in [0.15, 0.2) is 89.7 Å². The van der Waals surface area contributed by atoms with Gasteiger partial charge in [-0.1, -0.05) is 24.3 Å². The Balaban J connectivity index is 1.64. The molecule has 30 heavy (non-hydrogen) atoms. The van der Waals surface area contributed by atoms with E-state index in [1.54, 1.807) is 6.26 Å². The van der Waals surface area contributed by atoms with Crippen LogP contribution in [0.5, 0.6) is 0 Å². The minimum Gasteiger partial charge on any atom is -0.467 e. The van der Waals surface area contributed by atoms with Gasteiger partial charge < -0.3 is 19.2 Å². The zero-order valence-corrected chi connectivity index (χ0v) is 17.4. The lowest BCUT2D eigenvalue weighted by molar-refractivity contribution is 0.280. The van der Waals surface area contributed by atoms with Crippen molar-refractivity contribution in [2.45, 2.75) is 25.6 Å². The van der Waals surface area contributed by atoms with E-state index in [-0.39, 0.29) is 12.1 Å². The fourth-order valence-corrected chi connectivity index (χ4v) is 4.49. The summed E-state index contributed by atoms with van der Waals surface area (Å²) in [7, 11) is 0. The first-order valence-electron chi connectivity index (χ1n) is 9.96. The zero-order chi connectivity index (χ0) is 20.5. The van der Waals surface area contributed by atoms with E-state index >= 15 is 0 Å². The summed E-state index contributed by atoms with van der Waals surface area (Å²) in [5, 5.41) is 4.21. The second-order valence-corrected chi connectivity index (χ2v) is 7.79. The second-order valence-electron chi connectivity index (χ2n) is 7.40. The summed E-state index contributed by atoms with van der Waals surface area (Å²) in [4.78, 5) is 6.83. The van der Waals surface area contributed by atoms with Crippen LogP contribution in [0.1, 0.15) is 34.9 Å². The summed E-state index contributed by atoms with van der Waals surface area (Å²) in [6.45, 7) is 2.72. The van der Waals surface area contributed by atoms with Crippen molar-refractivity contribution in [2.24, 2.45) is 0 Å². The maximum Gasteiger partial charge on any atom is 0.170 e. The third kappa shape index (κ3) is 3.29.